The van der Waals surface area contributed by atoms with Gasteiger partial charge in [-0.3, -0.25) is 9.59 Å². The lowest BCUT2D eigenvalue weighted by Crippen LogP contribution is -2.41. The second kappa shape index (κ2) is 8.01. The molecule has 0 saturated heterocycles. The van der Waals surface area contributed by atoms with E-state index in [0.29, 0.717) is 13.0 Å². The van der Waals surface area contributed by atoms with E-state index in [1.54, 1.807) is 23.2 Å². The molecule has 0 aliphatic heterocycles. The predicted octanol–water partition coefficient (Wildman–Crippen LogP) is 1.40. The molecule has 0 aliphatic rings. The molecule has 1 heterocycles. The van der Waals surface area contributed by atoms with Crippen molar-refractivity contribution in [2.45, 2.75) is 13.3 Å². The number of nitrogens with zero attached hydrogens (tertiary/aromatic N) is 2. The lowest BCUT2D eigenvalue weighted by atomic mass is 10.1. The van der Waals surface area contributed by atoms with Gasteiger partial charge in [0.15, 0.2) is 0 Å². The van der Waals surface area contributed by atoms with Crippen molar-refractivity contribution >= 4 is 23.2 Å². The number of rotatable bonds is 8. The number of carbonyl (C=O) groups excluding carboxylic acids is 1. The van der Waals surface area contributed by atoms with E-state index in [1.165, 1.54) is 0 Å². The zero-order chi connectivity index (χ0) is 15.1. The van der Waals surface area contributed by atoms with Gasteiger partial charge in [-0.15, -0.1) is 11.3 Å². The average Bonchev–Trinajstić information content (AvgIpc) is 2.86. The standard InChI is InChI=1S/C14H22N2O3S/c1-11(14(18)19)10-16(7-6-15(2)3)13(17)9-12-5-4-8-20-12/h4-5,8,11H,6-7,9-10H2,1-3H3,(H,18,19). The molecule has 0 fully saturated rings. The van der Waals surface area contributed by atoms with E-state index in [2.05, 4.69) is 0 Å². The van der Waals surface area contributed by atoms with Gasteiger partial charge in [-0.05, 0) is 25.5 Å². The van der Waals surface area contributed by atoms with Crippen molar-refractivity contribution in [2.24, 2.45) is 5.92 Å². The number of carbonyl (C=O) groups is 2. The van der Waals surface area contributed by atoms with Gasteiger partial charge in [-0.25, -0.2) is 0 Å². The Bertz CT molecular complexity index is 432. The van der Waals surface area contributed by atoms with Crippen LogP contribution in [0.3, 0.4) is 0 Å². The molecule has 112 valence electrons. The van der Waals surface area contributed by atoms with Crippen LogP contribution < -0.4 is 0 Å². The smallest absolute Gasteiger partial charge is 0.308 e. The van der Waals surface area contributed by atoms with Crippen LogP contribution in [0, 0.1) is 5.92 Å². The first-order chi connectivity index (χ1) is 9.40. The second-order valence-corrected chi connectivity index (χ2v) is 6.17. The van der Waals surface area contributed by atoms with Gasteiger partial charge in [0.25, 0.3) is 0 Å². The van der Waals surface area contributed by atoms with Crippen molar-refractivity contribution in [3.63, 3.8) is 0 Å². The highest BCUT2D eigenvalue weighted by Crippen LogP contribution is 2.11. The summed E-state index contributed by atoms with van der Waals surface area (Å²) in [6.07, 6.45) is 0.345. The Balaban J connectivity index is 2.64. The Morgan fingerprint density at radius 1 is 1.35 bits per heavy atom. The molecule has 0 radical (unpaired) electrons. The molecule has 1 aromatic heterocycles. The molecule has 20 heavy (non-hydrogen) atoms. The third kappa shape index (κ3) is 5.71. The Hall–Kier alpha value is -1.40. The van der Waals surface area contributed by atoms with Crippen LogP contribution >= 0.6 is 11.3 Å². The number of amides is 1. The number of hydrogen-bond donors (Lipinski definition) is 1. The summed E-state index contributed by atoms with van der Waals surface area (Å²) in [6, 6.07) is 3.84. The van der Waals surface area contributed by atoms with Crippen LogP contribution in [0.1, 0.15) is 11.8 Å². The molecule has 1 rings (SSSR count). The van der Waals surface area contributed by atoms with Gasteiger partial charge in [0.05, 0.1) is 12.3 Å². The highest BCUT2D eigenvalue weighted by molar-refractivity contribution is 7.10. The van der Waals surface area contributed by atoms with Gasteiger partial charge >= 0.3 is 5.97 Å². The molecule has 1 atom stereocenters. The molecule has 0 aromatic carbocycles. The summed E-state index contributed by atoms with van der Waals surface area (Å²) in [5.41, 5.74) is 0. The molecule has 0 spiro atoms. The van der Waals surface area contributed by atoms with Crippen molar-refractivity contribution in [3.8, 4) is 0 Å². The molecule has 1 unspecified atom stereocenters. The molecule has 1 aromatic rings. The summed E-state index contributed by atoms with van der Waals surface area (Å²) in [5, 5.41) is 10.9. The fourth-order valence-corrected chi connectivity index (χ4v) is 2.42. The van der Waals surface area contributed by atoms with Crippen LogP contribution in [-0.2, 0) is 16.0 Å². The van der Waals surface area contributed by atoms with Crippen LogP contribution in [0.15, 0.2) is 17.5 Å². The summed E-state index contributed by atoms with van der Waals surface area (Å²) in [5.74, 6) is -1.43. The van der Waals surface area contributed by atoms with Crippen molar-refractivity contribution in [1.82, 2.24) is 9.80 Å². The lowest BCUT2D eigenvalue weighted by molar-refractivity contribution is -0.143. The van der Waals surface area contributed by atoms with Gasteiger partial charge in [0.2, 0.25) is 5.91 Å². The number of carboxylic acids is 1. The fourth-order valence-electron chi connectivity index (χ4n) is 1.72. The number of hydrogen-bond acceptors (Lipinski definition) is 4. The Morgan fingerprint density at radius 3 is 2.55 bits per heavy atom. The largest absolute Gasteiger partial charge is 0.481 e. The number of thiophene rings is 1. The van der Waals surface area contributed by atoms with Gasteiger partial charge in [0, 0.05) is 24.5 Å². The first-order valence-electron chi connectivity index (χ1n) is 6.58. The highest BCUT2D eigenvalue weighted by Gasteiger charge is 2.20. The second-order valence-electron chi connectivity index (χ2n) is 5.14. The summed E-state index contributed by atoms with van der Waals surface area (Å²) in [7, 11) is 3.87. The Morgan fingerprint density at radius 2 is 2.05 bits per heavy atom. The molecular formula is C14H22N2O3S. The van der Waals surface area contributed by atoms with E-state index < -0.39 is 11.9 Å². The third-order valence-electron chi connectivity index (χ3n) is 2.99. The Labute approximate surface area is 123 Å². The van der Waals surface area contributed by atoms with Crippen LogP contribution in [0.2, 0.25) is 0 Å². The van der Waals surface area contributed by atoms with Crippen LogP contribution in [0.25, 0.3) is 0 Å². The molecule has 0 bridgehead atoms. The van der Waals surface area contributed by atoms with Gasteiger partial charge < -0.3 is 14.9 Å². The first kappa shape index (κ1) is 16.7. The fraction of sp³-hybridized carbons (Fsp3) is 0.571. The summed E-state index contributed by atoms with van der Waals surface area (Å²) < 4.78 is 0. The predicted molar refractivity (Wildman–Crippen MR) is 80.0 cm³/mol. The molecule has 1 N–H and O–H groups in total. The monoisotopic (exact) mass is 298 g/mol. The third-order valence-corrected chi connectivity index (χ3v) is 3.87. The molecule has 1 amide bonds. The van der Waals surface area contributed by atoms with E-state index >= 15 is 0 Å². The minimum atomic E-state index is -0.872. The van der Waals surface area contributed by atoms with Crippen LogP contribution in [-0.4, -0.2) is 60.5 Å². The molecule has 0 aliphatic carbocycles. The number of carboxylic acid groups (broad SMARTS) is 1. The first-order valence-corrected chi connectivity index (χ1v) is 7.45. The van der Waals surface area contributed by atoms with E-state index in [9.17, 15) is 9.59 Å². The SMILES string of the molecule is CC(CN(CCN(C)C)C(=O)Cc1cccs1)C(=O)O. The lowest BCUT2D eigenvalue weighted by Gasteiger charge is -2.26. The molecular weight excluding hydrogens is 276 g/mol. The maximum Gasteiger partial charge on any atom is 0.308 e. The summed E-state index contributed by atoms with van der Waals surface area (Å²) in [4.78, 5) is 27.9. The number of likely N-dealkylation sites (N-methyl/N-ethyl adjacent to an activating group) is 1. The van der Waals surface area contributed by atoms with Crippen molar-refractivity contribution in [1.29, 1.82) is 0 Å². The van der Waals surface area contributed by atoms with Gasteiger partial charge in [0.1, 0.15) is 0 Å². The zero-order valence-corrected chi connectivity index (χ0v) is 13.0. The molecule has 0 saturated carbocycles. The minimum Gasteiger partial charge on any atom is -0.481 e. The van der Waals surface area contributed by atoms with E-state index in [0.717, 1.165) is 11.4 Å². The minimum absolute atomic E-state index is 0.0117. The molecule has 5 nitrogen and oxygen atoms in total. The zero-order valence-electron chi connectivity index (χ0n) is 12.2. The highest BCUT2D eigenvalue weighted by atomic mass is 32.1. The Kier molecular flexibility index (Phi) is 6.67. The van der Waals surface area contributed by atoms with E-state index in [4.69, 9.17) is 5.11 Å². The summed E-state index contributed by atoms with van der Waals surface area (Å²) in [6.45, 7) is 3.16. The normalized spacial score (nSPS) is 12.4. The maximum absolute atomic E-state index is 12.3. The van der Waals surface area contributed by atoms with Crippen molar-refractivity contribution < 1.29 is 14.7 Å². The van der Waals surface area contributed by atoms with Crippen molar-refractivity contribution in [3.05, 3.63) is 22.4 Å². The maximum atomic E-state index is 12.3. The van der Waals surface area contributed by atoms with Gasteiger partial charge in [-0.2, -0.15) is 0 Å². The van der Waals surface area contributed by atoms with Crippen LogP contribution in [0.4, 0.5) is 0 Å². The van der Waals surface area contributed by atoms with Gasteiger partial charge in [-0.1, -0.05) is 13.0 Å². The molecule has 6 heteroatoms. The van der Waals surface area contributed by atoms with E-state index in [-0.39, 0.29) is 12.5 Å². The quantitative estimate of drug-likeness (QED) is 0.788. The topological polar surface area (TPSA) is 60.9 Å². The summed E-state index contributed by atoms with van der Waals surface area (Å²) >= 11 is 1.54. The number of aliphatic carboxylic acids is 1. The van der Waals surface area contributed by atoms with Crippen LogP contribution in [0.5, 0.6) is 0 Å². The van der Waals surface area contributed by atoms with E-state index in [1.807, 2.05) is 36.5 Å². The average molecular weight is 298 g/mol. The van der Waals surface area contributed by atoms with Crippen molar-refractivity contribution in [2.75, 3.05) is 33.7 Å².